The van der Waals surface area contributed by atoms with Crippen molar-refractivity contribution in [3.8, 4) is 0 Å². The molecule has 0 spiro atoms. The molecule has 0 amide bonds. The van der Waals surface area contributed by atoms with Crippen molar-refractivity contribution in [1.29, 1.82) is 0 Å². The van der Waals surface area contributed by atoms with Gasteiger partial charge in [0.25, 0.3) is 0 Å². The van der Waals surface area contributed by atoms with E-state index in [2.05, 4.69) is 5.10 Å². The van der Waals surface area contributed by atoms with Crippen molar-refractivity contribution < 1.29 is 8.42 Å². The molecular formula is C12H17N3O2S2. The van der Waals surface area contributed by atoms with E-state index in [0.717, 1.165) is 5.56 Å². The largest absolute Gasteiger partial charge is 0.274 e. The summed E-state index contributed by atoms with van der Waals surface area (Å²) in [5.41, 5.74) is 1.16. The third-order valence-electron chi connectivity index (χ3n) is 3.09. The number of sulfonamides is 1. The normalized spacial score (nSPS) is 13.9. The Labute approximate surface area is 117 Å². The zero-order chi connectivity index (χ0) is 14.0. The molecule has 2 aromatic rings. The second kappa shape index (κ2) is 5.44. The van der Waals surface area contributed by atoms with Crippen LogP contribution in [-0.2, 0) is 23.5 Å². The molecule has 0 fully saturated rings. The summed E-state index contributed by atoms with van der Waals surface area (Å²) in [6, 6.07) is 1.92. The number of likely N-dealkylation sites (N-methyl/N-ethyl adjacent to an activating group) is 1. The molecule has 7 heteroatoms. The maximum Gasteiger partial charge on any atom is 0.246 e. The van der Waals surface area contributed by atoms with E-state index in [0.29, 0.717) is 6.42 Å². The Bertz CT molecular complexity index is 632. The third-order valence-corrected chi connectivity index (χ3v) is 5.75. The summed E-state index contributed by atoms with van der Waals surface area (Å²) >= 11 is 1.62. The number of rotatable bonds is 5. The highest BCUT2D eigenvalue weighted by Gasteiger charge is 2.26. The number of hydrogen-bond acceptors (Lipinski definition) is 4. The SMILES string of the molecule is C[C@H](Cc1ccsc1)N(C)S(=O)(=O)c1cnn(C)c1. The molecule has 0 saturated carbocycles. The van der Waals surface area contributed by atoms with Crippen molar-refractivity contribution in [3.05, 3.63) is 34.8 Å². The van der Waals surface area contributed by atoms with E-state index in [1.54, 1.807) is 25.4 Å². The Hall–Kier alpha value is -1.18. The molecule has 0 saturated heterocycles. The highest BCUT2D eigenvalue weighted by atomic mass is 32.2. The molecule has 0 aromatic carbocycles. The Balaban J connectivity index is 2.16. The number of nitrogens with zero attached hydrogens (tertiary/aromatic N) is 3. The molecule has 0 aliphatic rings. The fraction of sp³-hybridized carbons (Fsp3) is 0.417. The van der Waals surface area contributed by atoms with Crippen LogP contribution < -0.4 is 0 Å². The van der Waals surface area contributed by atoms with Crippen LogP contribution in [-0.4, -0.2) is 35.6 Å². The van der Waals surface area contributed by atoms with Crippen LogP contribution in [0, 0.1) is 0 Å². The van der Waals surface area contributed by atoms with Gasteiger partial charge in [-0.05, 0) is 35.7 Å². The predicted octanol–water partition coefficient (Wildman–Crippen LogP) is 1.73. The van der Waals surface area contributed by atoms with Crippen LogP contribution >= 0.6 is 11.3 Å². The average molecular weight is 299 g/mol. The lowest BCUT2D eigenvalue weighted by molar-refractivity contribution is 0.387. The minimum absolute atomic E-state index is 0.0974. The lowest BCUT2D eigenvalue weighted by Gasteiger charge is -2.23. The summed E-state index contributed by atoms with van der Waals surface area (Å²) < 4.78 is 27.7. The average Bonchev–Trinajstić information content (AvgIpc) is 2.99. The molecule has 1 atom stereocenters. The first kappa shape index (κ1) is 14.2. The van der Waals surface area contributed by atoms with Crippen molar-refractivity contribution in [3.63, 3.8) is 0 Å². The first-order valence-corrected chi connectivity index (χ1v) is 8.27. The van der Waals surface area contributed by atoms with Gasteiger partial charge >= 0.3 is 0 Å². The van der Waals surface area contributed by atoms with Crippen LogP contribution in [0.5, 0.6) is 0 Å². The minimum atomic E-state index is -3.47. The van der Waals surface area contributed by atoms with Gasteiger partial charge < -0.3 is 0 Å². The van der Waals surface area contributed by atoms with E-state index in [-0.39, 0.29) is 10.9 Å². The molecule has 0 unspecified atom stereocenters. The van der Waals surface area contributed by atoms with Crippen LogP contribution in [0.2, 0.25) is 0 Å². The fourth-order valence-electron chi connectivity index (χ4n) is 1.81. The standard InChI is InChI=1S/C12H17N3O2S2/c1-10(6-11-4-5-18-9-11)15(3)19(16,17)12-7-13-14(2)8-12/h4-5,7-10H,6H2,1-3H3/t10-/m1/s1. The van der Waals surface area contributed by atoms with Gasteiger partial charge in [0.1, 0.15) is 4.90 Å². The first-order chi connectivity index (χ1) is 8.91. The van der Waals surface area contributed by atoms with E-state index < -0.39 is 10.0 Å². The summed E-state index contributed by atoms with van der Waals surface area (Å²) in [5, 5.41) is 7.95. The van der Waals surface area contributed by atoms with Crippen LogP contribution in [0.25, 0.3) is 0 Å². The van der Waals surface area contributed by atoms with Crippen LogP contribution in [0.4, 0.5) is 0 Å². The lowest BCUT2D eigenvalue weighted by Crippen LogP contribution is -2.36. The van der Waals surface area contributed by atoms with Gasteiger partial charge in [-0.2, -0.15) is 20.7 Å². The summed E-state index contributed by atoms with van der Waals surface area (Å²) in [6.07, 6.45) is 3.60. The van der Waals surface area contributed by atoms with Crippen LogP contribution in [0.3, 0.4) is 0 Å². The third kappa shape index (κ3) is 3.05. The molecule has 2 heterocycles. The van der Waals surface area contributed by atoms with Gasteiger partial charge in [0.05, 0.1) is 6.20 Å². The maximum atomic E-state index is 12.4. The molecule has 0 aliphatic carbocycles. The molecule has 0 radical (unpaired) electrons. The van der Waals surface area contributed by atoms with Crippen LogP contribution in [0.15, 0.2) is 34.1 Å². The van der Waals surface area contributed by atoms with Gasteiger partial charge in [0.15, 0.2) is 0 Å². The molecule has 2 rings (SSSR count). The second-order valence-electron chi connectivity index (χ2n) is 4.56. The van der Waals surface area contributed by atoms with E-state index >= 15 is 0 Å². The van der Waals surface area contributed by atoms with E-state index in [1.807, 2.05) is 23.8 Å². The van der Waals surface area contributed by atoms with Gasteiger partial charge in [-0.3, -0.25) is 4.68 Å². The van der Waals surface area contributed by atoms with Crippen molar-refractivity contribution in [2.24, 2.45) is 7.05 Å². The van der Waals surface area contributed by atoms with Gasteiger partial charge in [0, 0.05) is 26.3 Å². The molecule has 0 bridgehead atoms. The maximum absolute atomic E-state index is 12.4. The van der Waals surface area contributed by atoms with Gasteiger partial charge in [-0.25, -0.2) is 8.42 Å². The zero-order valence-corrected chi connectivity index (χ0v) is 12.8. The van der Waals surface area contributed by atoms with E-state index in [4.69, 9.17) is 0 Å². The van der Waals surface area contributed by atoms with Gasteiger partial charge in [0.2, 0.25) is 10.0 Å². The molecule has 0 aliphatic heterocycles. The number of thiophene rings is 1. The van der Waals surface area contributed by atoms with Crippen molar-refractivity contribution >= 4 is 21.4 Å². The molecule has 19 heavy (non-hydrogen) atoms. The smallest absolute Gasteiger partial charge is 0.246 e. The van der Waals surface area contributed by atoms with E-state index in [9.17, 15) is 8.42 Å². The number of aromatic nitrogens is 2. The van der Waals surface area contributed by atoms with Crippen molar-refractivity contribution in [2.75, 3.05) is 7.05 Å². The molecule has 0 N–H and O–H groups in total. The highest BCUT2D eigenvalue weighted by Crippen LogP contribution is 2.18. The number of hydrogen-bond donors (Lipinski definition) is 0. The topological polar surface area (TPSA) is 55.2 Å². The molecular weight excluding hydrogens is 282 g/mol. The highest BCUT2D eigenvalue weighted by molar-refractivity contribution is 7.89. The first-order valence-electron chi connectivity index (χ1n) is 5.89. The quantitative estimate of drug-likeness (QED) is 0.845. The van der Waals surface area contributed by atoms with Gasteiger partial charge in [-0.1, -0.05) is 0 Å². The number of aryl methyl sites for hydroxylation is 1. The minimum Gasteiger partial charge on any atom is -0.274 e. The van der Waals surface area contributed by atoms with Crippen LogP contribution in [0.1, 0.15) is 12.5 Å². The lowest BCUT2D eigenvalue weighted by atomic mass is 10.1. The summed E-state index contributed by atoms with van der Waals surface area (Å²) in [6.45, 7) is 1.91. The second-order valence-corrected chi connectivity index (χ2v) is 7.33. The monoisotopic (exact) mass is 299 g/mol. The Morgan fingerprint density at radius 2 is 2.26 bits per heavy atom. The van der Waals surface area contributed by atoms with Crippen molar-refractivity contribution in [2.45, 2.75) is 24.3 Å². The molecule has 104 valence electrons. The Kier molecular flexibility index (Phi) is 4.07. The predicted molar refractivity (Wildman–Crippen MR) is 75.6 cm³/mol. The summed E-state index contributed by atoms with van der Waals surface area (Å²) in [4.78, 5) is 0.231. The van der Waals surface area contributed by atoms with E-state index in [1.165, 1.54) is 21.4 Å². The Morgan fingerprint density at radius 1 is 1.53 bits per heavy atom. The fourth-order valence-corrected chi connectivity index (χ4v) is 3.84. The molecule has 5 nitrogen and oxygen atoms in total. The zero-order valence-electron chi connectivity index (χ0n) is 11.1. The molecule has 2 aromatic heterocycles. The Morgan fingerprint density at radius 3 is 2.79 bits per heavy atom. The van der Waals surface area contributed by atoms with Gasteiger partial charge in [-0.15, -0.1) is 0 Å². The van der Waals surface area contributed by atoms with Crippen molar-refractivity contribution in [1.82, 2.24) is 14.1 Å². The summed E-state index contributed by atoms with van der Waals surface area (Å²) in [7, 11) is -0.154. The summed E-state index contributed by atoms with van der Waals surface area (Å²) in [5.74, 6) is 0.